The summed E-state index contributed by atoms with van der Waals surface area (Å²) in [5.41, 5.74) is 2.89. The summed E-state index contributed by atoms with van der Waals surface area (Å²) in [5.74, 6) is 6.47. The maximum absolute atomic E-state index is 12.8. The summed E-state index contributed by atoms with van der Waals surface area (Å²) in [7, 11) is 0. The number of carbonyl (C=O) groups is 1. The molecule has 198 valence electrons. The van der Waals surface area contributed by atoms with Crippen molar-refractivity contribution in [2.45, 2.75) is 83.3 Å². The van der Waals surface area contributed by atoms with Gasteiger partial charge < -0.3 is 25.9 Å². The van der Waals surface area contributed by atoms with Crippen LogP contribution in [0.1, 0.15) is 76.7 Å². The van der Waals surface area contributed by atoms with Crippen LogP contribution >= 0.6 is 0 Å². The largest absolute Gasteiger partial charge is 0.490 e. The predicted molar refractivity (Wildman–Crippen MR) is 147 cm³/mol. The molecule has 1 aliphatic carbocycles. The highest BCUT2D eigenvalue weighted by atomic mass is 16.5. The average Bonchev–Trinajstić information content (AvgIpc) is 2.90. The molecule has 0 atom stereocenters. The quantitative estimate of drug-likeness (QED) is 0.131. The van der Waals surface area contributed by atoms with E-state index in [0.29, 0.717) is 18.2 Å². The second-order valence-corrected chi connectivity index (χ2v) is 9.99. The SMILES string of the molecule is C=C(/C=C(\C(CCCC)=N/N)c1ccc(OC2CCCCC2)cc1)C(=O)NCCN1CCC(O)CC1. The minimum atomic E-state index is -0.200. The summed E-state index contributed by atoms with van der Waals surface area (Å²) < 4.78 is 6.19. The molecule has 7 nitrogen and oxygen atoms in total. The van der Waals surface area contributed by atoms with Crippen molar-refractivity contribution in [1.82, 2.24) is 10.2 Å². The van der Waals surface area contributed by atoms with E-state index in [0.717, 1.165) is 87.2 Å². The van der Waals surface area contributed by atoms with E-state index in [9.17, 15) is 9.90 Å². The first-order chi connectivity index (χ1) is 17.5. The number of nitrogens with two attached hydrogens (primary N) is 1. The molecule has 1 aromatic carbocycles. The summed E-state index contributed by atoms with van der Waals surface area (Å²) in [6, 6.07) is 8.00. The summed E-state index contributed by atoms with van der Waals surface area (Å²) >= 11 is 0. The van der Waals surface area contributed by atoms with Crippen LogP contribution in [0.4, 0.5) is 0 Å². The molecule has 36 heavy (non-hydrogen) atoms. The number of hydrogen-bond acceptors (Lipinski definition) is 6. The fourth-order valence-corrected chi connectivity index (χ4v) is 4.86. The minimum Gasteiger partial charge on any atom is -0.490 e. The van der Waals surface area contributed by atoms with Crippen LogP contribution in [0.5, 0.6) is 5.75 Å². The number of ether oxygens (including phenoxy) is 1. The fraction of sp³-hybridized carbons (Fsp3) is 0.586. The summed E-state index contributed by atoms with van der Waals surface area (Å²) in [4.78, 5) is 15.1. The molecule has 1 aromatic rings. The van der Waals surface area contributed by atoms with E-state index in [-0.39, 0.29) is 12.0 Å². The Bertz CT molecular complexity index is 896. The molecule has 2 aliphatic rings. The van der Waals surface area contributed by atoms with Crippen molar-refractivity contribution in [2.24, 2.45) is 10.9 Å². The third-order valence-corrected chi connectivity index (χ3v) is 7.14. The summed E-state index contributed by atoms with van der Waals surface area (Å²) in [5, 5.41) is 16.7. The number of hydrazone groups is 1. The van der Waals surface area contributed by atoms with E-state index in [2.05, 4.69) is 28.8 Å². The van der Waals surface area contributed by atoms with Crippen LogP contribution in [0.3, 0.4) is 0 Å². The molecule has 1 aliphatic heterocycles. The molecule has 2 fully saturated rings. The van der Waals surface area contributed by atoms with Gasteiger partial charge in [-0.2, -0.15) is 5.10 Å². The Morgan fingerprint density at radius 1 is 1.19 bits per heavy atom. The maximum Gasteiger partial charge on any atom is 0.250 e. The lowest BCUT2D eigenvalue weighted by atomic mass is 9.95. The molecular formula is C29H44N4O3. The fourth-order valence-electron chi connectivity index (χ4n) is 4.86. The number of rotatable bonds is 12. The molecule has 0 aromatic heterocycles. The van der Waals surface area contributed by atoms with Crippen LogP contribution in [-0.4, -0.2) is 60.0 Å². The van der Waals surface area contributed by atoms with E-state index in [4.69, 9.17) is 10.6 Å². The Morgan fingerprint density at radius 2 is 1.89 bits per heavy atom. The van der Waals surface area contributed by atoms with Gasteiger partial charge in [0.25, 0.3) is 5.91 Å². The van der Waals surface area contributed by atoms with E-state index in [1.54, 1.807) is 6.08 Å². The molecule has 1 saturated carbocycles. The molecule has 1 saturated heterocycles. The number of hydrogen-bond donors (Lipinski definition) is 3. The monoisotopic (exact) mass is 496 g/mol. The third kappa shape index (κ3) is 8.79. The number of likely N-dealkylation sites (tertiary alicyclic amines) is 1. The first-order valence-corrected chi connectivity index (χ1v) is 13.6. The Morgan fingerprint density at radius 3 is 2.53 bits per heavy atom. The summed E-state index contributed by atoms with van der Waals surface area (Å²) in [6.45, 7) is 9.18. The van der Waals surface area contributed by atoms with E-state index in [1.807, 2.05) is 24.3 Å². The second kappa shape index (κ2) is 14.8. The number of nitrogens with one attached hydrogen (secondary N) is 1. The molecule has 0 spiro atoms. The van der Waals surface area contributed by atoms with Gasteiger partial charge in [0.1, 0.15) is 5.75 Å². The van der Waals surface area contributed by atoms with Gasteiger partial charge in [0.05, 0.1) is 17.9 Å². The van der Waals surface area contributed by atoms with Crippen molar-refractivity contribution in [3.8, 4) is 5.75 Å². The number of carbonyl (C=O) groups excluding carboxylic acids is 1. The van der Waals surface area contributed by atoms with Crippen LogP contribution < -0.4 is 15.9 Å². The minimum absolute atomic E-state index is 0.196. The van der Waals surface area contributed by atoms with Crippen LogP contribution in [0.25, 0.3) is 5.57 Å². The number of allylic oxidation sites excluding steroid dienone is 1. The highest BCUT2D eigenvalue weighted by Gasteiger charge is 2.18. The second-order valence-electron chi connectivity index (χ2n) is 9.99. The lowest BCUT2D eigenvalue weighted by molar-refractivity contribution is -0.117. The van der Waals surface area contributed by atoms with Crippen molar-refractivity contribution < 1.29 is 14.6 Å². The van der Waals surface area contributed by atoms with E-state index < -0.39 is 0 Å². The molecule has 0 radical (unpaired) electrons. The van der Waals surface area contributed by atoms with Gasteiger partial charge in [0, 0.05) is 37.3 Å². The Balaban J connectivity index is 1.66. The van der Waals surface area contributed by atoms with Crippen molar-refractivity contribution in [3.63, 3.8) is 0 Å². The molecule has 0 unspecified atom stereocenters. The molecule has 1 amide bonds. The van der Waals surface area contributed by atoms with E-state index >= 15 is 0 Å². The van der Waals surface area contributed by atoms with Crippen LogP contribution in [-0.2, 0) is 4.79 Å². The number of aliphatic hydroxyl groups is 1. The highest BCUT2D eigenvalue weighted by molar-refractivity contribution is 6.25. The molecule has 3 rings (SSSR count). The molecule has 4 N–H and O–H groups in total. The number of aliphatic hydroxyl groups excluding tert-OH is 1. The van der Waals surface area contributed by atoms with Gasteiger partial charge in [-0.3, -0.25) is 4.79 Å². The Hall–Kier alpha value is -2.64. The van der Waals surface area contributed by atoms with E-state index in [1.165, 1.54) is 19.3 Å². The standard InChI is InChI=1S/C29H44N4O3/c1-3-4-10-28(32-30)27(23-11-13-26(14-12-23)36-25-8-6-5-7-9-25)21-22(2)29(35)31-17-20-33-18-15-24(34)16-19-33/h11-14,21,24-25,34H,2-10,15-20,30H2,1H3,(H,31,35)/b27-21-,32-28-. The Kier molecular flexibility index (Phi) is 11.5. The normalized spacial score (nSPS) is 18.7. The van der Waals surface area contributed by atoms with Gasteiger partial charge in [0.15, 0.2) is 0 Å². The topological polar surface area (TPSA) is 100 Å². The predicted octanol–water partition coefficient (Wildman–Crippen LogP) is 4.42. The van der Waals surface area contributed by atoms with Crippen molar-refractivity contribution in [2.75, 3.05) is 26.2 Å². The first-order valence-electron chi connectivity index (χ1n) is 13.6. The smallest absolute Gasteiger partial charge is 0.250 e. The van der Waals surface area contributed by atoms with Gasteiger partial charge in [-0.1, -0.05) is 38.5 Å². The lowest BCUT2D eigenvalue weighted by Crippen LogP contribution is -2.40. The average molecular weight is 497 g/mol. The molecule has 1 heterocycles. The summed E-state index contributed by atoms with van der Waals surface area (Å²) in [6.07, 6.45) is 12.2. The van der Waals surface area contributed by atoms with Gasteiger partial charge >= 0.3 is 0 Å². The number of piperidine rings is 1. The van der Waals surface area contributed by atoms with Gasteiger partial charge in [-0.25, -0.2) is 0 Å². The zero-order chi connectivity index (χ0) is 25.8. The lowest BCUT2D eigenvalue weighted by Gasteiger charge is -2.29. The van der Waals surface area contributed by atoms with Crippen molar-refractivity contribution in [1.29, 1.82) is 0 Å². The first kappa shape index (κ1) is 27.9. The zero-order valence-corrected chi connectivity index (χ0v) is 21.9. The van der Waals surface area contributed by atoms with Crippen LogP contribution in [0.2, 0.25) is 0 Å². The van der Waals surface area contributed by atoms with Crippen LogP contribution in [0.15, 0.2) is 47.6 Å². The Labute approximate surface area is 216 Å². The number of unbranched alkanes of at least 4 members (excludes halogenated alkanes) is 1. The molecule has 7 heteroatoms. The van der Waals surface area contributed by atoms with Crippen molar-refractivity contribution >= 4 is 17.2 Å². The van der Waals surface area contributed by atoms with Gasteiger partial charge in [-0.05, 0) is 75.1 Å². The van der Waals surface area contributed by atoms with Crippen molar-refractivity contribution in [3.05, 3.63) is 48.1 Å². The van der Waals surface area contributed by atoms with Gasteiger partial charge in [0.2, 0.25) is 0 Å². The number of benzene rings is 1. The number of nitrogens with zero attached hydrogens (tertiary/aromatic N) is 2. The maximum atomic E-state index is 12.8. The van der Waals surface area contributed by atoms with Crippen LogP contribution in [0, 0.1) is 0 Å². The number of amides is 1. The van der Waals surface area contributed by atoms with Gasteiger partial charge in [-0.15, -0.1) is 0 Å². The molecular weight excluding hydrogens is 452 g/mol. The molecule has 0 bridgehead atoms. The highest BCUT2D eigenvalue weighted by Crippen LogP contribution is 2.27. The zero-order valence-electron chi connectivity index (χ0n) is 21.9. The third-order valence-electron chi connectivity index (χ3n) is 7.14.